The molecule has 0 unspecified atom stereocenters. The second-order valence-electron chi connectivity index (χ2n) is 26.0. The van der Waals surface area contributed by atoms with E-state index in [0.29, 0.717) is 0 Å². The van der Waals surface area contributed by atoms with Crippen molar-refractivity contribution in [3.05, 3.63) is 93.0 Å². The molecule has 0 radical (unpaired) electrons. The van der Waals surface area contributed by atoms with E-state index in [1.807, 2.05) is 56.9 Å². The molecule has 5 rings (SSSR count). The summed E-state index contributed by atoms with van der Waals surface area (Å²) in [4.78, 5) is 0. The molecule has 0 aliphatic heterocycles. The third-order valence-electron chi connectivity index (χ3n) is 19.7. The van der Waals surface area contributed by atoms with E-state index >= 15 is 0 Å². The number of fused-ring (bicyclic) bond motifs is 8. The molecule has 1 aliphatic rings. The van der Waals surface area contributed by atoms with Crippen LogP contribution in [0.5, 0.6) is 46.0 Å². The third kappa shape index (κ3) is 22.9. The summed E-state index contributed by atoms with van der Waals surface area (Å²) in [6, 6.07) is 18.6. The van der Waals surface area contributed by atoms with E-state index in [0.717, 1.165) is 142 Å². The van der Waals surface area contributed by atoms with E-state index in [-0.39, 0.29) is 23.7 Å². The first-order chi connectivity index (χ1) is 43.2. The Balaban J connectivity index is 1.85. The molecule has 8 nitrogen and oxygen atoms in total. The minimum atomic E-state index is -0.0687. The molecule has 8 heteroatoms. The first kappa shape index (κ1) is 74.0. The average Bonchev–Trinajstić information content (AvgIpc) is 0.836. The zero-order valence-corrected chi connectivity index (χ0v) is 58.5. The fourth-order valence-corrected chi connectivity index (χ4v) is 14.5. The van der Waals surface area contributed by atoms with E-state index in [2.05, 4.69) is 76.2 Å². The lowest BCUT2D eigenvalue weighted by atomic mass is 9.76. The predicted molar refractivity (Wildman–Crippen MR) is 373 cm³/mol. The smallest absolute Gasteiger partial charge is 0.126 e. The average molecular weight is 1220 g/mol. The Morgan fingerprint density at radius 2 is 0.307 bits per heavy atom. The molecule has 0 saturated heterocycles. The molecule has 0 saturated carbocycles. The molecule has 0 spiro atoms. The molecule has 0 amide bonds. The van der Waals surface area contributed by atoms with Gasteiger partial charge in [0.25, 0.3) is 0 Å². The van der Waals surface area contributed by atoms with Crippen molar-refractivity contribution in [2.45, 2.75) is 308 Å². The normalized spacial score (nSPS) is 15.5. The van der Waals surface area contributed by atoms with Gasteiger partial charge >= 0.3 is 0 Å². The third-order valence-corrected chi connectivity index (χ3v) is 19.7. The number of hydrogen-bond donors (Lipinski definition) is 0. The molecule has 1 aliphatic carbocycles. The van der Waals surface area contributed by atoms with E-state index in [4.69, 9.17) is 37.9 Å². The van der Waals surface area contributed by atoms with Crippen molar-refractivity contribution in [3.63, 3.8) is 0 Å². The molecule has 0 N–H and O–H groups in total. The van der Waals surface area contributed by atoms with Gasteiger partial charge in [-0.05, 0) is 49.9 Å². The fraction of sp³-hybridized carbons (Fsp3) is 0.700. The Kier molecular flexibility index (Phi) is 36.9. The van der Waals surface area contributed by atoms with E-state index < -0.39 is 0 Å². The van der Waals surface area contributed by atoms with Crippen molar-refractivity contribution in [1.29, 1.82) is 0 Å². The summed E-state index contributed by atoms with van der Waals surface area (Å²) < 4.78 is 52.8. The van der Waals surface area contributed by atoms with Crippen molar-refractivity contribution < 1.29 is 37.9 Å². The standard InChI is InChI=1S/C80H128O8/c1-13-17-21-25-29-33-37-41-45-49-61-65-53-67(75(83-7)57-73(65)81-5)62(50-46-42-38-34-30-26-22-18-14-2)69-55-71(79(87-11)59-77(69)85-9)64(52-48-44-40-36-32-28-24-20-16-4)72-56-70(78(86-10)60-80(72)88-12)63(51-47-43-39-35-31-27-23-19-15-3)68-54-66(61)74(82-6)58-76(68)84-8/h53-64H,13-52H2,1-12H3. The van der Waals surface area contributed by atoms with Gasteiger partial charge in [0, 0.05) is 92.4 Å². The summed E-state index contributed by atoms with van der Waals surface area (Å²) in [6.07, 6.45) is 49.0. The van der Waals surface area contributed by atoms with Gasteiger partial charge in [0.2, 0.25) is 0 Å². The van der Waals surface area contributed by atoms with E-state index in [1.54, 1.807) is 0 Å². The van der Waals surface area contributed by atoms with Crippen molar-refractivity contribution in [2.24, 2.45) is 0 Å². The number of rotatable bonds is 48. The molecule has 4 aromatic carbocycles. The number of methoxy groups -OCH3 is 8. The first-order valence-corrected chi connectivity index (χ1v) is 36.3. The lowest BCUT2D eigenvalue weighted by Crippen LogP contribution is -2.15. The summed E-state index contributed by atoms with van der Waals surface area (Å²) in [5.74, 6) is 6.39. The van der Waals surface area contributed by atoms with Crippen molar-refractivity contribution in [1.82, 2.24) is 0 Å². The summed E-state index contributed by atoms with van der Waals surface area (Å²) in [5, 5.41) is 0. The number of ether oxygens (including phenoxy) is 8. The van der Waals surface area contributed by atoms with Crippen LogP contribution in [0.2, 0.25) is 0 Å². The molecular formula is C80H128O8. The van der Waals surface area contributed by atoms with Crippen LogP contribution < -0.4 is 37.9 Å². The van der Waals surface area contributed by atoms with Gasteiger partial charge in [0.1, 0.15) is 46.0 Å². The molecule has 0 aromatic heterocycles. The summed E-state index contributed by atoms with van der Waals surface area (Å²) in [7, 11) is 14.6. The minimum Gasteiger partial charge on any atom is -0.496 e. The topological polar surface area (TPSA) is 73.8 Å². The molecule has 496 valence electrons. The lowest BCUT2D eigenvalue weighted by molar-refractivity contribution is 0.371. The Morgan fingerprint density at radius 3 is 0.432 bits per heavy atom. The highest BCUT2D eigenvalue weighted by Gasteiger charge is 2.35. The quantitative estimate of drug-likeness (QED) is 0.0405. The largest absolute Gasteiger partial charge is 0.496 e. The van der Waals surface area contributed by atoms with Crippen molar-refractivity contribution in [2.75, 3.05) is 56.9 Å². The van der Waals surface area contributed by atoms with Gasteiger partial charge in [-0.25, -0.2) is 0 Å². The predicted octanol–water partition coefficient (Wildman–Crippen LogP) is 24.3. The minimum absolute atomic E-state index is 0.0687. The maximum absolute atomic E-state index is 6.60. The van der Waals surface area contributed by atoms with Crippen LogP contribution in [0.3, 0.4) is 0 Å². The highest BCUT2D eigenvalue weighted by Crippen LogP contribution is 2.54. The van der Waals surface area contributed by atoms with Crippen LogP contribution in [-0.4, -0.2) is 56.9 Å². The van der Waals surface area contributed by atoms with Crippen LogP contribution in [0.1, 0.15) is 353 Å². The Labute approximate surface area is 539 Å². The lowest BCUT2D eigenvalue weighted by Gasteiger charge is -2.31. The fourth-order valence-electron chi connectivity index (χ4n) is 14.5. The van der Waals surface area contributed by atoms with Crippen molar-refractivity contribution >= 4 is 0 Å². The van der Waals surface area contributed by atoms with E-state index in [1.165, 1.54) is 205 Å². The zero-order chi connectivity index (χ0) is 63.1. The van der Waals surface area contributed by atoms with Gasteiger partial charge in [0.15, 0.2) is 0 Å². The molecule has 0 heterocycles. The first-order valence-electron chi connectivity index (χ1n) is 36.3. The number of unbranched alkanes of at least 4 members (excludes halogenated alkanes) is 32. The van der Waals surface area contributed by atoms with Gasteiger partial charge in [-0.1, -0.05) is 259 Å². The maximum atomic E-state index is 6.60. The van der Waals surface area contributed by atoms with Crippen LogP contribution in [0, 0.1) is 0 Å². The van der Waals surface area contributed by atoms with Crippen LogP contribution in [0.25, 0.3) is 0 Å². The number of hydrogen-bond acceptors (Lipinski definition) is 8. The van der Waals surface area contributed by atoms with Gasteiger partial charge < -0.3 is 37.9 Å². The Bertz CT molecular complexity index is 2050. The molecule has 4 aromatic rings. The van der Waals surface area contributed by atoms with Crippen LogP contribution in [0.4, 0.5) is 0 Å². The van der Waals surface area contributed by atoms with Gasteiger partial charge in [-0.3, -0.25) is 0 Å². The van der Waals surface area contributed by atoms with Gasteiger partial charge in [0.05, 0.1) is 56.9 Å². The molecule has 88 heavy (non-hydrogen) atoms. The zero-order valence-electron chi connectivity index (χ0n) is 58.5. The molecule has 0 fully saturated rings. The SMILES string of the molecule is CCCCCCCCCCCC1c2cc(c(OC)cc2OC)C(CCCCCCCCCCC)c2cc(c(OC)cc2OC)C(CCCCCCCCCCC)c2cc(c(OC)cc2OC)C(CCCCCCCCCCC)c2cc1c(OC)cc2OC. The van der Waals surface area contributed by atoms with Crippen LogP contribution in [-0.2, 0) is 0 Å². The van der Waals surface area contributed by atoms with Gasteiger partial charge in [-0.2, -0.15) is 0 Å². The summed E-state index contributed by atoms with van der Waals surface area (Å²) in [5.41, 5.74) is 9.28. The summed E-state index contributed by atoms with van der Waals surface area (Å²) in [6.45, 7) is 9.21. The Hall–Kier alpha value is -4.72. The number of benzene rings is 4. The highest BCUT2D eigenvalue weighted by molar-refractivity contribution is 5.63. The summed E-state index contributed by atoms with van der Waals surface area (Å²) >= 11 is 0. The molecule has 8 bridgehead atoms. The highest BCUT2D eigenvalue weighted by atomic mass is 16.5. The van der Waals surface area contributed by atoms with E-state index in [9.17, 15) is 0 Å². The van der Waals surface area contributed by atoms with Crippen LogP contribution >= 0.6 is 0 Å². The van der Waals surface area contributed by atoms with Crippen molar-refractivity contribution in [3.8, 4) is 46.0 Å². The second-order valence-corrected chi connectivity index (χ2v) is 26.0. The monoisotopic (exact) mass is 1220 g/mol. The van der Waals surface area contributed by atoms with Crippen LogP contribution in [0.15, 0.2) is 48.5 Å². The second kappa shape index (κ2) is 43.9. The molecule has 0 atom stereocenters. The maximum Gasteiger partial charge on any atom is 0.126 e. The molecular weight excluding hydrogens is 1090 g/mol. The Morgan fingerprint density at radius 1 is 0.182 bits per heavy atom. The van der Waals surface area contributed by atoms with Gasteiger partial charge in [-0.15, -0.1) is 0 Å².